The second-order valence-electron chi connectivity index (χ2n) is 6.11. The van der Waals surface area contributed by atoms with Crippen molar-refractivity contribution in [3.8, 4) is 0 Å². The number of anilines is 1. The van der Waals surface area contributed by atoms with E-state index in [2.05, 4.69) is 48.3 Å². The maximum atomic E-state index is 12.1. The number of carbonyl (C=O) groups excluding carboxylic acids is 1. The van der Waals surface area contributed by atoms with Crippen LogP contribution in [-0.2, 0) is 4.79 Å². The summed E-state index contributed by atoms with van der Waals surface area (Å²) in [4.78, 5) is 14.4. The number of nitrogens with zero attached hydrogens (tertiary/aromatic N) is 1. The molecule has 2 fully saturated rings. The highest BCUT2D eigenvalue weighted by molar-refractivity contribution is 5.87. The van der Waals surface area contributed by atoms with Crippen molar-refractivity contribution in [2.75, 3.05) is 31.1 Å². The molecule has 1 aromatic rings. The number of benzene rings is 1. The summed E-state index contributed by atoms with van der Waals surface area (Å²) in [5.41, 5.74) is 2.63. The van der Waals surface area contributed by atoms with Gasteiger partial charge in [-0.25, -0.2) is 0 Å². The summed E-state index contributed by atoms with van der Waals surface area (Å²) < 4.78 is 0. The van der Waals surface area contributed by atoms with Gasteiger partial charge in [-0.05, 0) is 23.6 Å². The van der Waals surface area contributed by atoms with Crippen molar-refractivity contribution in [3.05, 3.63) is 29.8 Å². The predicted octanol–water partition coefficient (Wildman–Crippen LogP) is 2.03. The lowest BCUT2D eigenvalue weighted by atomic mass is 9.84. The normalized spacial score (nSPS) is 26.9. The molecule has 102 valence electrons. The Bertz CT molecular complexity index is 450. The number of piperidine rings is 2. The first-order valence-corrected chi connectivity index (χ1v) is 7.24. The standard InChI is InChI=1S/C16H22N2O/c1-11(2)12-3-5-15(6-4-12)18-9-13-7-17-8-14(10-18)16(13)19/h3-6,11,13-14,17H,7-10H2,1-2H3. The van der Waals surface area contributed by atoms with Crippen LogP contribution in [0.5, 0.6) is 0 Å². The molecule has 2 aliphatic heterocycles. The van der Waals surface area contributed by atoms with Crippen molar-refractivity contribution in [2.45, 2.75) is 19.8 Å². The average Bonchev–Trinajstić information content (AvgIpc) is 2.38. The molecule has 2 aliphatic rings. The molecule has 2 saturated heterocycles. The second kappa shape index (κ2) is 4.97. The van der Waals surface area contributed by atoms with Crippen LogP contribution in [0.3, 0.4) is 0 Å². The number of Topliss-reactive ketones (excluding diaryl/α,β-unsaturated/α-hetero) is 1. The quantitative estimate of drug-likeness (QED) is 0.881. The van der Waals surface area contributed by atoms with E-state index in [0.29, 0.717) is 11.7 Å². The number of ketones is 1. The first-order chi connectivity index (χ1) is 9.15. The Morgan fingerprint density at radius 1 is 1.11 bits per heavy atom. The van der Waals surface area contributed by atoms with E-state index in [9.17, 15) is 4.79 Å². The van der Waals surface area contributed by atoms with Gasteiger partial charge in [0.2, 0.25) is 0 Å². The fourth-order valence-corrected chi connectivity index (χ4v) is 3.16. The SMILES string of the molecule is CC(C)c1ccc(N2CC3CNCC(C2)C3=O)cc1. The zero-order valence-electron chi connectivity index (χ0n) is 11.7. The van der Waals surface area contributed by atoms with Crippen LogP contribution >= 0.6 is 0 Å². The van der Waals surface area contributed by atoms with Crippen LogP contribution in [-0.4, -0.2) is 32.0 Å². The molecule has 0 radical (unpaired) electrons. The zero-order chi connectivity index (χ0) is 13.4. The summed E-state index contributed by atoms with van der Waals surface area (Å²) in [5.74, 6) is 1.39. The van der Waals surface area contributed by atoms with E-state index in [1.54, 1.807) is 0 Å². The molecule has 3 rings (SSSR count). The highest BCUT2D eigenvalue weighted by atomic mass is 16.1. The number of nitrogens with one attached hydrogen (secondary N) is 1. The molecule has 0 amide bonds. The Labute approximate surface area is 115 Å². The maximum absolute atomic E-state index is 12.1. The summed E-state index contributed by atoms with van der Waals surface area (Å²) in [5, 5.41) is 3.37. The first kappa shape index (κ1) is 12.7. The molecular weight excluding hydrogens is 236 g/mol. The first-order valence-electron chi connectivity index (χ1n) is 7.24. The highest BCUT2D eigenvalue weighted by Crippen LogP contribution is 2.27. The minimum Gasteiger partial charge on any atom is -0.370 e. The van der Waals surface area contributed by atoms with Gasteiger partial charge in [0.1, 0.15) is 5.78 Å². The maximum Gasteiger partial charge on any atom is 0.145 e. The van der Waals surface area contributed by atoms with Gasteiger partial charge in [0.15, 0.2) is 0 Å². The zero-order valence-corrected chi connectivity index (χ0v) is 11.7. The van der Waals surface area contributed by atoms with Crippen molar-refractivity contribution in [2.24, 2.45) is 11.8 Å². The average molecular weight is 258 g/mol. The summed E-state index contributed by atoms with van der Waals surface area (Å²) in [6, 6.07) is 8.83. The number of carbonyl (C=O) groups is 1. The van der Waals surface area contributed by atoms with Gasteiger partial charge in [-0.2, -0.15) is 0 Å². The smallest absolute Gasteiger partial charge is 0.145 e. The van der Waals surface area contributed by atoms with E-state index in [1.807, 2.05) is 0 Å². The number of hydrogen-bond acceptors (Lipinski definition) is 3. The van der Waals surface area contributed by atoms with E-state index >= 15 is 0 Å². The van der Waals surface area contributed by atoms with Gasteiger partial charge in [0.25, 0.3) is 0 Å². The van der Waals surface area contributed by atoms with Gasteiger partial charge < -0.3 is 10.2 Å². The third-order valence-corrected chi connectivity index (χ3v) is 4.39. The van der Waals surface area contributed by atoms with Crippen LogP contribution in [0.4, 0.5) is 5.69 Å². The molecule has 2 heterocycles. The van der Waals surface area contributed by atoms with Crippen molar-refractivity contribution in [1.29, 1.82) is 0 Å². The summed E-state index contributed by atoms with van der Waals surface area (Å²) in [7, 11) is 0. The Kier molecular flexibility index (Phi) is 3.31. The molecule has 3 heteroatoms. The molecule has 0 aliphatic carbocycles. The van der Waals surface area contributed by atoms with Crippen molar-refractivity contribution in [3.63, 3.8) is 0 Å². The van der Waals surface area contributed by atoms with Crippen molar-refractivity contribution < 1.29 is 4.79 Å². The fourth-order valence-electron chi connectivity index (χ4n) is 3.16. The summed E-state index contributed by atoms with van der Waals surface area (Å²) in [6.07, 6.45) is 0. The third-order valence-electron chi connectivity index (χ3n) is 4.39. The van der Waals surface area contributed by atoms with Gasteiger partial charge in [-0.15, -0.1) is 0 Å². The number of rotatable bonds is 2. The van der Waals surface area contributed by atoms with Crippen LogP contribution in [0.2, 0.25) is 0 Å². The Morgan fingerprint density at radius 3 is 2.21 bits per heavy atom. The van der Waals surface area contributed by atoms with E-state index in [-0.39, 0.29) is 11.8 Å². The molecule has 2 bridgehead atoms. The summed E-state index contributed by atoms with van der Waals surface area (Å²) in [6.45, 7) is 7.84. The molecular formula is C16H22N2O. The van der Waals surface area contributed by atoms with Crippen LogP contribution in [0, 0.1) is 11.8 Å². The molecule has 3 nitrogen and oxygen atoms in total. The van der Waals surface area contributed by atoms with E-state index in [4.69, 9.17) is 0 Å². The summed E-state index contributed by atoms with van der Waals surface area (Å²) >= 11 is 0. The van der Waals surface area contributed by atoms with Crippen LogP contribution in [0.1, 0.15) is 25.3 Å². The predicted molar refractivity (Wildman–Crippen MR) is 77.6 cm³/mol. The van der Waals surface area contributed by atoms with Gasteiger partial charge in [-0.1, -0.05) is 26.0 Å². The molecule has 0 saturated carbocycles. The molecule has 2 atom stereocenters. The van der Waals surface area contributed by atoms with E-state index in [1.165, 1.54) is 11.3 Å². The Hall–Kier alpha value is -1.35. The lowest BCUT2D eigenvalue weighted by Crippen LogP contribution is -2.57. The van der Waals surface area contributed by atoms with Gasteiger partial charge in [0, 0.05) is 43.7 Å². The highest BCUT2D eigenvalue weighted by Gasteiger charge is 2.37. The molecule has 1 N–H and O–H groups in total. The van der Waals surface area contributed by atoms with E-state index < -0.39 is 0 Å². The second-order valence-corrected chi connectivity index (χ2v) is 6.11. The van der Waals surface area contributed by atoms with Crippen LogP contribution in [0.25, 0.3) is 0 Å². The van der Waals surface area contributed by atoms with Gasteiger partial charge in [-0.3, -0.25) is 4.79 Å². The lowest BCUT2D eigenvalue weighted by Gasteiger charge is -2.41. The van der Waals surface area contributed by atoms with Crippen molar-refractivity contribution in [1.82, 2.24) is 5.32 Å². The minimum absolute atomic E-state index is 0.178. The molecule has 2 unspecified atom stereocenters. The third kappa shape index (κ3) is 2.39. The van der Waals surface area contributed by atoms with Crippen molar-refractivity contribution >= 4 is 11.5 Å². The van der Waals surface area contributed by atoms with E-state index in [0.717, 1.165) is 26.2 Å². The number of fused-ring (bicyclic) bond motifs is 2. The molecule has 0 spiro atoms. The van der Waals surface area contributed by atoms with Gasteiger partial charge >= 0.3 is 0 Å². The fraction of sp³-hybridized carbons (Fsp3) is 0.562. The van der Waals surface area contributed by atoms with Crippen LogP contribution < -0.4 is 10.2 Å². The van der Waals surface area contributed by atoms with Gasteiger partial charge in [0.05, 0.1) is 0 Å². The number of hydrogen-bond donors (Lipinski definition) is 1. The monoisotopic (exact) mass is 258 g/mol. The Morgan fingerprint density at radius 2 is 1.68 bits per heavy atom. The molecule has 0 aromatic heterocycles. The molecule has 1 aromatic carbocycles. The topological polar surface area (TPSA) is 32.3 Å². The largest absolute Gasteiger partial charge is 0.370 e. The minimum atomic E-state index is 0.178. The Balaban J connectivity index is 1.77. The lowest BCUT2D eigenvalue weighted by molar-refractivity contribution is -0.129. The molecule has 19 heavy (non-hydrogen) atoms. The van der Waals surface area contributed by atoms with Crippen LogP contribution in [0.15, 0.2) is 24.3 Å².